The molecule has 0 saturated carbocycles. The number of ether oxygens (including phenoxy) is 1. The molecule has 0 amide bonds. The summed E-state index contributed by atoms with van der Waals surface area (Å²) in [6, 6.07) is 74.8. The molecule has 8 aromatic carbocycles. The number of anilines is 2. The second-order valence-electron chi connectivity index (χ2n) is 21.2. The van der Waals surface area contributed by atoms with Crippen LogP contribution in [0.3, 0.4) is 0 Å². The molecule has 0 fully saturated rings. The molecule has 6 nitrogen and oxygen atoms in total. The van der Waals surface area contributed by atoms with E-state index < -0.39 is 0 Å². The first-order valence-corrected chi connectivity index (χ1v) is 25.0. The number of rotatable bonds is 6. The standard InChI is InChI=1S/C67H52N5O.Pt/c1-66(2,3)46-32-34-69-63(39-46)72-59-28-15-14-24-55(59)56-31-30-48(40-61(56)72)73-49-33-35-68-62(41-49)70-42-71-64-50(45-36-44(43-18-8-7-9-19-43)37-47(38-45)67(4,5)6)25-16-26-57(64)53-22-12-10-20-51(53)52-21-11-13-23-54(52)58-27-17-29-60(70)65(58)71;/h7-39,42H,1-6H3;/q-3;. The number of fused-ring (bicyclic) bond motifs is 10. The monoisotopic (exact) mass is 1140 g/mol. The van der Waals surface area contributed by atoms with Crippen LogP contribution in [0.2, 0.25) is 0 Å². The van der Waals surface area contributed by atoms with Crippen LogP contribution in [0.1, 0.15) is 52.7 Å². The maximum atomic E-state index is 6.75. The SMILES string of the molecule is CC(C)(C)c1cc(-c2ccccc2)cc(-c2cccc3c4ccccc4c4ccccc4c4cccc5c4n(c23)[CH-]N5c2[c-]c(Oc3[c-]c4c(cc3)c3ccccc3n4-c3cc(C(C)(C)C)ccn3)ccn2)c1.[Pt]. The van der Waals surface area contributed by atoms with Crippen LogP contribution in [0.4, 0.5) is 11.5 Å². The molecule has 0 atom stereocenters. The quantitative estimate of drug-likeness (QED) is 0.156. The van der Waals surface area contributed by atoms with Crippen molar-refractivity contribution in [3.05, 3.63) is 230 Å². The van der Waals surface area contributed by atoms with E-state index in [0.717, 1.165) is 77.0 Å². The van der Waals surface area contributed by atoms with Crippen molar-refractivity contribution in [1.82, 2.24) is 19.1 Å². The van der Waals surface area contributed by atoms with E-state index in [2.05, 4.69) is 250 Å². The molecule has 12 aromatic rings. The summed E-state index contributed by atoms with van der Waals surface area (Å²) in [7, 11) is 0. The van der Waals surface area contributed by atoms with Crippen molar-refractivity contribution in [3.8, 4) is 39.6 Å². The fraction of sp³-hybridized carbons (Fsp3) is 0.119. The molecule has 0 radical (unpaired) electrons. The summed E-state index contributed by atoms with van der Waals surface area (Å²) in [4.78, 5) is 12.1. The fourth-order valence-electron chi connectivity index (χ4n) is 10.8. The maximum Gasteiger partial charge on any atom is 0.135 e. The summed E-state index contributed by atoms with van der Waals surface area (Å²) in [6.45, 7) is 15.8. The zero-order valence-electron chi connectivity index (χ0n) is 42.1. The third-order valence-electron chi connectivity index (χ3n) is 14.5. The maximum absolute atomic E-state index is 6.75. The minimum atomic E-state index is -0.101. The first-order valence-electron chi connectivity index (χ1n) is 25.0. The molecule has 0 aliphatic carbocycles. The van der Waals surface area contributed by atoms with Crippen LogP contribution in [0.5, 0.6) is 11.5 Å². The Labute approximate surface area is 446 Å². The van der Waals surface area contributed by atoms with Crippen molar-refractivity contribution in [2.24, 2.45) is 0 Å². The molecule has 364 valence electrons. The van der Waals surface area contributed by atoms with Gasteiger partial charge in [-0.15, -0.1) is 17.5 Å². The van der Waals surface area contributed by atoms with Crippen LogP contribution in [0.25, 0.3) is 93.2 Å². The van der Waals surface area contributed by atoms with E-state index in [1.165, 1.54) is 33.0 Å². The van der Waals surface area contributed by atoms with E-state index in [4.69, 9.17) is 14.7 Å². The van der Waals surface area contributed by atoms with Gasteiger partial charge in [-0.2, -0.15) is 18.2 Å². The molecule has 1 aliphatic heterocycles. The first kappa shape index (κ1) is 46.9. The predicted octanol–water partition coefficient (Wildman–Crippen LogP) is 17.6. The first-order chi connectivity index (χ1) is 35.5. The average Bonchev–Trinajstić information content (AvgIpc) is 3.98. The second-order valence-corrected chi connectivity index (χ2v) is 21.2. The summed E-state index contributed by atoms with van der Waals surface area (Å²) < 4.78 is 11.3. The molecule has 0 N–H and O–H groups in total. The Kier molecular flexibility index (Phi) is 11.5. The zero-order valence-corrected chi connectivity index (χ0v) is 44.4. The predicted molar refractivity (Wildman–Crippen MR) is 303 cm³/mol. The summed E-state index contributed by atoms with van der Waals surface area (Å²) in [5.74, 6) is 2.53. The third kappa shape index (κ3) is 7.96. The van der Waals surface area contributed by atoms with Crippen molar-refractivity contribution >= 4 is 76.7 Å². The molecular formula is C67H52N5OPt-3. The molecule has 1 aliphatic rings. The largest absolute Gasteiger partial charge is 0.521 e. The van der Waals surface area contributed by atoms with Crippen LogP contribution >= 0.6 is 0 Å². The Balaban J connectivity index is 0.00000556. The Morgan fingerprint density at radius 1 is 0.459 bits per heavy atom. The fourth-order valence-corrected chi connectivity index (χ4v) is 10.8. The van der Waals surface area contributed by atoms with Gasteiger partial charge in [0.25, 0.3) is 0 Å². The van der Waals surface area contributed by atoms with Gasteiger partial charge in [0.2, 0.25) is 0 Å². The molecule has 74 heavy (non-hydrogen) atoms. The Morgan fingerprint density at radius 3 is 1.77 bits per heavy atom. The smallest absolute Gasteiger partial charge is 0.135 e. The van der Waals surface area contributed by atoms with Gasteiger partial charge in [-0.3, -0.25) is 4.98 Å². The molecule has 5 heterocycles. The van der Waals surface area contributed by atoms with E-state index in [9.17, 15) is 0 Å². The molecule has 13 rings (SSSR count). The molecule has 7 heteroatoms. The number of para-hydroxylation sites is 3. The Hall–Kier alpha value is -8.18. The van der Waals surface area contributed by atoms with Gasteiger partial charge >= 0.3 is 0 Å². The van der Waals surface area contributed by atoms with Gasteiger partial charge in [0, 0.05) is 50.0 Å². The van der Waals surface area contributed by atoms with Crippen LogP contribution in [0.15, 0.2) is 200 Å². The number of benzene rings is 8. The topological polar surface area (TPSA) is 48.1 Å². The van der Waals surface area contributed by atoms with Gasteiger partial charge in [0.05, 0.1) is 0 Å². The average molecular weight is 1140 g/mol. The normalized spacial score (nSPS) is 12.4. The summed E-state index contributed by atoms with van der Waals surface area (Å²) in [5, 5.41) is 9.12. The third-order valence-corrected chi connectivity index (χ3v) is 14.5. The van der Waals surface area contributed by atoms with E-state index >= 15 is 0 Å². The van der Waals surface area contributed by atoms with Crippen molar-refractivity contribution in [1.29, 1.82) is 0 Å². The summed E-state index contributed by atoms with van der Waals surface area (Å²) in [6.07, 6.45) is 3.70. The molecule has 4 aromatic heterocycles. The minimum Gasteiger partial charge on any atom is -0.521 e. The minimum absolute atomic E-state index is 0. The molecule has 0 spiro atoms. The van der Waals surface area contributed by atoms with E-state index in [-0.39, 0.29) is 31.9 Å². The summed E-state index contributed by atoms with van der Waals surface area (Å²) in [5.41, 5.74) is 12.0. The van der Waals surface area contributed by atoms with Gasteiger partial charge in [-0.1, -0.05) is 193 Å². The van der Waals surface area contributed by atoms with Crippen LogP contribution in [-0.2, 0) is 31.9 Å². The van der Waals surface area contributed by atoms with Gasteiger partial charge < -0.3 is 18.8 Å². The molecular weight excluding hydrogens is 1090 g/mol. The van der Waals surface area contributed by atoms with Gasteiger partial charge in [-0.25, -0.2) is 4.98 Å². The number of pyridine rings is 2. The Morgan fingerprint density at radius 2 is 1.05 bits per heavy atom. The van der Waals surface area contributed by atoms with E-state index in [1.807, 2.05) is 18.3 Å². The number of hydrogen-bond acceptors (Lipinski definition) is 4. The van der Waals surface area contributed by atoms with E-state index in [1.54, 1.807) is 6.20 Å². The Bertz CT molecular complexity index is 4250. The van der Waals surface area contributed by atoms with E-state index in [0.29, 0.717) is 17.3 Å². The van der Waals surface area contributed by atoms with Crippen LogP contribution in [0, 0.1) is 18.8 Å². The zero-order chi connectivity index (χ0) is 49.6. The van der Waals surface area contributed by atoms with Crippen molar-refractivity contribution in [3.63, 3.8) is 0 Å². The van der Waals surface area contributed by atoms with Gasteiger partial charge in [0.15, 0.2) is 0 Å². The molecule has 0 unspecified atom stereocenters. The van der Waals surface area contributed by atoms with Gasteiger partial charge in [0.1, 0.15) is 5.82 Å². The van der Waals surface area contributed by atoms with Gasteiger partial charge in [-0.05, 0) is 136 Å². The van der Waals surface area contributed by atoms with Crippen LogP contribution < -0.4 is 9.64 Å². The number of hydrogen-bond donors (Lipinski definition) is 0. The van der Waals surface area contributed by atoms with Crippen molar-refractivity contribution in [2.75, 3.05) is 4.90 Å². The van der Waals surface area contributed by atoms with Crippen molar-refractivity contribution in [2.45, 2.75) is 52.4 Å². The molecule has 0 saturated heterocycles. The van der Waals surface area contributed by atoms with Crippen LogP contribution in [-0.4, -0.2) is 19.1 Å². The van der Waals surface area contributed by atoms with Crippen molar-refractivity contribution < 1.29 is 25.8 Å². The molecule has 0 bridgehead atoms. The number of aromatic nitrogens is 4. The summed E-state index contributed by atoms with van der Waals surface area (Å²) >= 11 is 0. The second kappa shape index (κ2) is 18.1. The number of nitrogens with zero attached hydrogens (tertiary/aromatic N) is 5.